The number of aryl methyl sites for hydroxylation is 1. The van der Waals surface area contributed by atoms with Crippen LogP contribution in [0.15, 0.2) is 52.4 Å². The third-order valence-corrected chi connectivity index (χ3v) is 4.79. The Morgan fingerprint density at radius 2 is 1.85 bits per heavy atom. The van der Waals surface area contributed by atoms with Crippen molar-refractivity contribution in [3.8, 4) is 0 Å². The number of amides is 1. The summed E-state index contributed by atoms with van der Waals surface area (Å²) in [5.41, 5.74) is 3.76. The number of nitrogens with zero attached hydrogens (tertiary/aromatic N) is 3. The van der Waals surface area contributed by atoms with Gasteiger partial charge in [-0.1, -0.05) is 54.4 Å². The van der Waals surface area contributed by atoms with Gasteiger partial charge in [0.25, 0.3) is 11.5 Å². The number of aromatic nitrogens is 2. The molecule has 3 rings (SSSR count). The van der Waals surface area contributed by atoms with Crippen LogP contribution in [0.3, 0.4) is 0 Å². The average Bonchev–Trinajstić information content (AvgIpc) is 2.67. The molecule has 8 heteroatoms. The molecule has 0 fully saturated rings. The summed E-state index contributed by atoms with van der Waals surface area (Å²) in [6, 6.07) is 12.0. The van der Waals surface area contributed by atoms with Crippen LogP contribution in [0, 0.1) is 0 Å². The number of carbonyl (C=O) groups excluding carboxylic acids is 1. The minimum atomic E-state index is -0.507. The van der Waals surface area contributed by atoms with Crippen LogP contribution in [0.5, 0.6) is 0 Å². The van der Waals surface area contributed by atoms with Crippen molar-refractivity contribution < 1.29 is 4.79 Å². The van der Waals surface area contributed by atoms with E-state index in [9.17, 15) is 9.59 Å². The standard InChI is InChI=1S/C19H16Cl2N4O2/c1-3-16(11-8-9-14(20)15(21)10-11)22-23-18(26)17-12-6-4-5-7-13(12)19(27)25(2)24-17/h4-10H,3H2,1-2H3,(H,23,26)/b22-16+. The Morgan fingerprint density at radius 1 is 1.15 bits per heavy atom. The highest BCUT2D eigenvalue weighted by Gasteiger charge is 2.15. The van der Waals surface area contributed by atoms with Crippen LogP contribution in [0.1, 0.15) is 29.4 Å². The largest absolute Gasteiger partial charge is 0.292 e. The third-order valence-electron chi connectivity index (χ3n) is 4.05. The van der Waals surface area contributed by atoms with Crippen LogP contribution >= 0.6 is 23.2 Å². The first-order valence-electron chi connectivity index (χ1n) is 8.20. The first kappa shape index (κ1) is 19.1. The van der Waals surface area contributed by atoms with E-state index in [1.807, 2.05) is 6.92 Å². The summed E-state index contributed by atoms with van der Waals surface area (Å²) in [6.45, 7) is 1.91. The number of hydrazone groups is 1. The monoisotopic (exact) mass is 402 g/mol. The fraction of sp³-hybridized carbons (Fsp3) is 0.158. The number of rotatable bonds is 4. The number of nitrogens with one attached hydrogen (secondary N) is 1. The highest BCUT2D eigenvalue weighted by molar-refractivity contribution is 6.42. The van der Waals surface area contributed by atoms with Crippen LogP contribution in [0.25, 0.3) is 10.8 Å². The summed E-state index contributed by atoms with van der Waals surface area (Å²) < 4.78 is 1.14. The second kappa shape index (κ2) is 7.90. The summed E-state index contributed by atoms with van der Waals surface area (Å²) in [4.78, 5) is 24.8. The number of halogens is 2. The summed E-state index contributed by atoms with van der Waals surface area (Å²) in [5.74, 6) is -0.507. The Kier molecular flexibility index (Phi) is 5.58. The van der Waals surface area contributed by atoms with Gasteiger partial charge in [-0.2, -0.15) is 10.2 Å². The van der Waals surface area contributed by atoms with Crippen molar-refractivity contribution in [3.05, 3.63) is 74.1 Å². The van der Waals surface area contributed by atoms with E-state index in [1.54, 1.807) is 42.5 Å². The van der Waals surface area contributed by atoms with Crippen LogP contribution in [-0.4, -0.2) is 21.4 Å². The molecule has 2 aromatic carbocycles. The fourth-order valence-corrected chi connectivity index (χ4v) is 2.96. The van der Waals surface area contributed by atoms with Gasteiger partial charge < -0.3 is 0 Å². The smallest absolute Gasteiger partial charge is 0.267 e. The van der Waals surface area contributed by atoms with E-state index in [-0.39, 0.29) is 11.3 Å². The Morgan fingerprint density at radius 3 is 2.52 bits per heavy atom. The molecule has 0 aliphatic heterocycles. The van der Waals surface area contributed by atoms with Crippen molar-refractivity contribution in [1.82, 2.24) is 15.2 Å². The van der Waals surface area contributed by atoms with E-state index in [0.29, 0.717) is 33.0 Å². The molecule has 0 atom stereocenters. The van der Waals surface area contributed by atoms with Crippen LogP contribution in [-0.2, 0) is 7.05 Å². The number of hydrogen-bond acceptors (Lipinski definition) is 4. The molecule has 1 heterocycles. The molecule has 1 N–H and O–H groups in total. The van der Waals surface area contributed by atoms with E-state index in [1.165, 1.54) is 7.05 Å². The van der Waals surface area contributed by atoms with Gasteiger partial charge in [0.2, 0.25) is 0 Å². The second-order valence-corrected chi connectivity index (χ2v) is 6.62. The summed E-state index contributed by atoms with van der Waals surface area (Å²) in [5, 5.41) is 10.0. The predicted molar refractivity (Wildman–Crippen MR) is 108 cm³/mol. The fourth-order valence-electron chi connectivity index (χ4n) is 2.66. The number of carbonyl (C=O) groups is 1. The Balaban J connectivity index is 1.96. The Labute approximate surface area is 165 Å². The van der Waals surface area contributed by atoms with E-state index >= 15 is 0 Å². The molecule has 0 bridgehead atoms. The molecule has 0 spiro atoms. The quantitative estimate of drug-likeness (QED) is 0.532. The topological polar surface area (TPSA) is 76.3 Å². The molecule has 138 valence electrons. The van der Waals surface area contributed by atoms with E-state index < -0.39 is 5.91 Å². The summed E-state index contributed by atoms with van der Waals surface area (Å²) in [6.07, 6.45) is 0.569. The maximum atomic E-state index is 12.7. The average molecular weight is 403 g/mol. The molecule has 6 nitrogen and oxygen atoms in total. The minimum absolute atomic E-state index is 0.126. The molecule has 0 radical (unpaired) electrons. The highest BCUT2D eigenvalue weighted by atomic mass is 35.5. The number of fused-ring (bicyclic) bond motifs is 1. The molecule has 0 aliphatic carbocycles. The van der Waals surface area contributed by atoms with Gasteiger partial charge in [0, 0.05) is 12.4 Å². The van der Waals surface area contributed by atoms with Gasteiger partial charge in [0.05, 0.1) is 21.1 Å². The van der Waals surface area contributed by atoms with Crippen LogP contribution in [0.2, 0.25) is 10.0 Å². The third kappa shape index (κ3) is 3.86. The van der Waals surface area contributed by atoms with E-state index in [2.05, 4.69) is 15.6 Å². The van der Waals surface area contributed by atoms with E-state index in [4.69, 9.17) is 23.2 Å². The molecular weight excluding hydrogens is 387 g/mol. The van der Waals surface area contributed by atoms with Crippen molar-refractivity contribution in [1.29, 1.82) is 0 Å². The second-order valence-electron chi connectivity index (χ2n) is 5.80. The zero-order valence-electron chi connectivity index (χ0n) is 14.7. The summed E-state index contributed by atoms with van der Waals surface area (Å²) >= 11 is 12.0. The maximum absolute atomic E-state index is 12.7. The van der Waals surface area contributed by atoms with Crippen LogP contribution < -0.4 is 11.0 Å². The van der Waals surface area contributed by atoms with Gasteiger partial charge in [-0.15, -0.1) is 0 Å². The first-order chi connectivity index (χ1) is 12.9. The molecule has 1 amide bonds. The zero-order chi connectivity index (χ0) is 19.6. The molecule has 0 unspecified atom stereocenters. The lowest BCUT2D eigenvalue weighted by Gasteiger charge is -2.08. The molecule has 0 aliphatic rings. The predicted octanol–water partition coefficient (Wildman–Crippen LogP) is 3.78. The van der Waals surface area contributed by atoms with Crippen LogP contribution in [0.4, 0.5) is 0 Å². The lowest BCUT2D eigenvalue weighted by Crippen LogP contribution is -2.27. The minimum Gasteiger partial charge on any atom is -0.267 e. The zero-order valence-corrected chi connectivity index (χ0v) is 16.2. The maximum Gasteiger partial charge on any atom is 0.292 e. The summed E-state index contributed by atoms with van der Waals surface area (Å²) in [7, 11) is 1.50. The Bertz CT molecular complexity index is 1120. The van der Waals surface area contributed by atoms with Gasteiger partial charge in [-0.25, -0.2) is 10.1 Å². The van der Waals surface area contributed by atoms with Gasteiger partial charge in [-0.3, -0.25) is 9.59 Å². The van der Waals surface area contributed by atoms with Gasteiger partial charge in [0.1, 0.15) is 0 Å². The number of hydrogen-bond donors (Lipinski definition) is 1. The Hall–Kier alpha value is -2.70. The van der Waals surface area contributed by atoms with Gasteiger partial charge in [0.15, 0.2) is 5.69 Å². The lowest BCUT2D eigenvalue weighted by atomic mass is 10.1. The first-order valence-corrected chi connectivity index (χ1v) is 8.96. The van der Waals surface area contributed by atoms with Gasteiger partial charge >= 0.3 is 0 Å². The SMILES string of the molecule is CC/C(=N\NC(=O)c1nn(C)c(=O)c2ccccc12)c1ccc(Cl)c(Cl)c1. The molecule has 0 saturated carbocycles. The molecule has 0 saturated heterocycles. The lowest BCUT2D eigenvalue weighted by molar-refractivity contribution is 0.0949. The van der Waals surface area contributed by atoms with Crippen molar-refractivity contribution in [2.75, 3.05) is 0 Å². The number of benzene rings is 2. The van der Waals surface area contributed by atoms with E-state index in [0.717, 1.165) is 10.2 Å². The molecular formula is C19H16Cl2N4O2. The highest BCUT2D eigenvalue weighted by Crippen LogP contribution is 2.23. The van der Waals surface area contributed by atoms with Crippen molar-refractivity contribution in [2.24, 2.45) is 12.1 Å². The normalized spacial score (nSPS) is 11.6. The van der Waals surface area contributed by atoms with Crippen molar-refractivity contribution >= 4 is 45.6 Å². The van der Waals surface area contributed by atoms with Gasteiger partial charge in [-0.05, 0) is 30.2 Å². The van der Waals surface area contributed by atoms with Crippen molar-refractivity contribution in [3.63, 3.8) is 0 Å². The molecule has 27 heavy (non-hydrogen) atoms. The van der Waals surface area contributed by atoms with Crippen molar-refractivity contribution in [2.45, 2.75) is 13.3 Å². The molecule has 3 aromatic rings. The molecule has 1 aromatic heterocycles.